The Balaban J connectivity index is 2.07. The maximum atomic E-state index is 5.75. The summed E-state index contributed by atoms with van der Waals surface area (Å²) < 4.78 is 13.5. The molecule has 2 aromatic carbocycles. The Bertz CT molecular complexity index is 471. The molecule has 0 aliphatic carbocycles. The Kier molecular flexibility index (Phi) is 5.48. The molecule has 0 unspecified atom stereocenters. The van der Waals surface area contributed by atoms with Crippen molar-refractivity contribution >= 4 is 0 Å². The molecule has 0 bridgehead atoms. The van der Waals surface area contributed by atoms with Gasteiger partial charge in [-0.1, -0.05) is 30.3 Å². The van der Waals surface area contributed by atoms with E-state index in [2.05, 4.69) is 36.4 Å². The van der Waals surface area contributed by atoms with Crippen LogP contribution < -0.4 is 25.9 Å². The van der Waals surface area contributed by atoms with E-state index >= 15 is 0 Å². The lowest BCUT2D eigenvalue weighted by Gasteiger charge is -2.04. The van der Waals surface area contributed by atoms with Crippen molar-refractivity contribution in [1.29, 1.82) is 0 Å². The van der Waals surface area contributed by atoms with Gasteiger partial charge >= 0.3 is 21.2 Å². The van der Waals surface area contributed by atoms with Crippen LogP contribution in [0.25, 0.3) is 0 Å². The molecular weight excluding hydrogens is 339 g/mol. The fraction of sp³-hybridized carbons (Fsp3) is 0.200. The number of methoxy groups -OCH3 is 1. The highest BCUT2D eigenvalue weighted by molar-refractivity contribution is 5.20. The summed E-state index contributed by atoms with van der Waals surface area (Å²) in [4.78, 5) is 0. The predicted octanol–water partition coefficient (Wildman–Crippen LogP) is -0.160. The number of halogens is 1. The first-order valence-corrected chi connectivity index (χ1v) is 7.96. The smallest absolute Gasteiger partial charge is 0.362 e. The third kappa shape index (κ3) is 3.99. The minimum atomic E-state index is -0.181. The molecule has 2 rings (SSSR count). The number of hydrogen-bond acceptors (Lipinski definition) is 2. The lowest BCUT2D eigenvalue weighted by atomic mass is 10.3. The molecule has 0 N–H and O–H groups in total. The highest BCUT2D eigenvalue weighted by atomic mass is 127. The van der Waals surface area contributed by atoms with Crippen molar-refractivity contribution in [3.8, 4) is 5.75 Å². The van der Waals surface area contributed by atoms with Crippen molar-refractivity contribution in [1.82, 2.24) is 0 Å². The van der Waals surface area contributed by atoms with E-state index in [1.165, 1.54) is 7.14 Å². The zero-order valence-corrected chi connectivity index (χ0v) is 12.5. The molecule has 0 atom stereocenters. The summed E-state index contributed by atoms with van der Waals surface area (Å²) in [6.07, 6.45) is 0. The van der Waals surface area contributed by atoms with Gasteiger partial charge in [0.1, 0.15) is 6.61 Å². The Morgan fingerprint density at radius 1 is 0.889 bits per heavy atom. The first-order chi connectivity index (χ1) is 8.90. The SMILES string of the molecule is COCCOc1ccccc1[I+]c1ccccc1. The van der Waals surface area contributed by atoms with Gasteiger partial charge in [-0.15, -0.1) is 0 Å². The first-order valence-electron chi connectivity index (χ1n) is 5.81. The summed E-state index contributed by atoms with van der Waals surface area (Å²) in [6, 6.07) is 18.9. The number of ether oxygens (including phenoxy) is 2. The molecule has 0 saturated heterocycles. The zero-order valence-electron chi connectivity index (χ0n) is 10.3. The molecule has 0 heterocycles. The lowest BCUT2D eigenvalue weighted by molar-refractivity contribution is -0.598. The molecule has 94 valence electrons. The van der Waals surface area contributed by atoms with Gasteiger partial charge in [0.25, 0.3) is 0 Å². The summed E-state index contributed by atoms with van der Waals surface area (Å²) in [5.74, 6) is 0.992. The summed E-state index contributed by atoms with van der Waals surface area (Å²) in [5.41, 5.74) is 0. The molecule has 0 aliphatic heterocycles. The molecular formula is C15H16IO2+. The molecule has 0 saturated carbocycles. The largest absolute Gasteiger partial charge is 0.486 e. The number of hydrogen-bond donors (Lipinski definition) is 0. The van der Waals surface area contributed by atoms with Crippen LogP contribution >= 0.6 is 0 Å². The number of para-hydroxylation sites is 1. The first kappa shape index (κ1) is 13.4. The number of benzene rings is 2. The van der Waals surface area contributed by atoms with Crippen molar-refractivity contribution < 1.29 is 30.7 Å². The van der Waals surface area contributed by atoms with Crippen molar-refractivity contribution in [3.05, 3.63) is 61.7 Å². The molecule has 0 amide bonds. The van der Waals surface area contributed by atoms with Gasteiger partial charge in [0.15, 0.2) is 9.32 Å². The van der Waals surface area contributed by atoms with E-state index in [-0.39, 0.29) is 21.2 Å². The van der Waals surface area contributed by atoms with Gasteiger partial charge < -0.3 is 9.47 Å². The summed E-state index contributed by atoms with van der Waals surface area (Å²) in [5, 5.41) is 0. The molecule has 0 radical (unpaired) electrons. The second kappa shape index (κ2) is 7.38. The molecule has 2 aromatic rings. The minimum absolute atomic E-state index is 0.181. The van der Waals surface area contributed by atoms with Crippen LogP contribution in [0.1, 0.15) is 0 Å². The molecule has 3 heteroatoms. The van der Waals surface area contributed by atoms with Gasteiger partial charge in [0, 0.05) is 7.11 Å². The van der Waals surface area contributed by atoms with Gasteiger partial charge in [0.2, 0.25) is 3.57 Å². The third-order valence-corrected chi connectivity index (χ3v) is 5.14. The maximum Gasteiger partial charge on any atom is 0.362 e. The van der Waals surface area contributed by atoms with E-state index in [4.69, 9.17) is 9.47 Å². The fourth-order valence-corrected chi connectivity index (χ4v) is 3.90. The van der Waals surface area contributed by atoms with Crippen molar-refractivity contribution in [2.45, 2.75) is 0 Å². The van der Waals surface area contributed by atoms with Crippen LogP contribution in [0.4, 0.5) is 0 Å². The maximum absolute atomic E-state index is 5.75. The van der Waals surface area contributed by atoms with Gasteiger partial charge in [-0.05, 0) is 24.3 Å². The minimum Gasteiger partial charge on any atom is -0.486 e. The standard InChI is InChI=1S/C15H16IO2/c1-17-11-12-18-15-10-6-5-9-14(15)16-13-7-3-2-4-8-13/h2-10H,11-12H2,1H3/q+1. The quantitative estimate of drug-likeness (QED) is 0.530. The van der Waals surface area contributed by atoms with Gasteiger partial charge in [-0.25, -0.2) is 0 Å². The topological polar surface area (TPSA) is 18.5 Å². The van der Waals surface area contributed by atoms with E-state index in [0.717, 1.165) is 5.75 Å². The predicted molar refractivity (Wildman–Crippen MR) is 67.6 cm³/mol. The van der Waals surface area contributed by atoms with E-state index in [0.29, 0.717) is 13.2 Å². The highest BCUT2D eigenvalue weighted by Crippen LogP contribution is 2.08. The lowest BCUT2D eigenvalue weighted by Crippen LogP contribution is -3.61. The fourth-order valence-electron chi connectivity index (χ4n) is 1.47. The van der Waals surface area contributed by atoms with Crippen LogP contribution in [-0.4, -0.2) is 20.3 Å². The summed E-state index contributed by atoms with van der Waals surface area (Å²) >= 11 is -0.181. The van der Waals surface area contributed by atoms with Gasteiger partial charge in [-0.2, -0.15) is 0 Å². The van der Waals surface area contributed by atoms with E-state index in [1.807, 2.05) is 18.2 Å². The molecule has 0 aliphatic rings. The molecule has 0 spiro atoms. The monoisotopic (exact) mass is 355 g/mol. The molecule has 0 fully saturated rings. The average molecular weight is 355 g/mol. The van der Waals surface area contributed by atoms with E-state index in [1.54, 1.807) is 7.11 Å². The Morgan fingerprint density at radius 2 is 1.61 bits per heavy atom. The van der Waals surface area contributed by atoms with E-state index < -0.39 is 0 Å². The number of rotatable bonds is 6. The van der Waals surface area contributed by atoms with Gasteiger partial charge in [0.05, 0.1) is 6.61 Å². The highest BCUT2D eigenvalue weighted by Gasteiger charge is 2.20. The second-order valence-electron chi connectivity index (χ2n) is 3.66. The average Bonchev–Trinajstić information content (AvgIpc) is 2.42. The van der Waals surface area contributed by atoms with Gasteiger partial charge in [-0.3, -0.25) is 0 Å². The normalized spacial score (nSPS) is 10.3. The Morgan fingerprint density at radius 3 is 2.39 bits per heavy atom. The van der Waals surface area contributed by atoms with Crippen LogP contribution in [0.3, 0.4) is 0 Å². The third-order valence-electron chi connectivity index (χ3n) is 2.33. The zero-order chi connectivity index (χ0) is 12.6. The Hall–Kier alpha value is -1.07. The second-order valence-corrected chi connectivity index (χ2v) is 6.61. The van der Waals surface area contributed by atoms with Crippen LogP contribution in [-0.2, 0) is 4.74 Å². The van der Waals surface area contributed by atoms with Crippen molar-refractivity contribution in [2.75, 3.05) is 20.3 Å². The van der Waals surface area contributed by atoms with Crippen LogP contribution in [0.2, 0.25) is 0 Å². The van der Waals surface area contributed by atoms with Crippen molar-refractivity contribution in [3.63, 3.8) is 0 Å². The molecule has 2 nitrogen and oxygen atoms in total. The van der Waals surface area contributed by atoms with Crippen LogP contribution in [0, 0.1) is 7.14 Å². The molecule has 0 aromatic heterocycles. The van der Waals surface area contributed by atoms with Crippen LogP contribution in [0.5, 0.6) is 5.75 Å². The molecule has 18 heavy (non-hydrogen) atoms. The van der Waals surface area contributed by atoms with E-state index in [9.17, 15) is 0 Å². The summed E-state index contributed by atoms with van der Waals surface area (Å²) in [6.45, 7) is 1.23. The van der Waals surface area contributed by atoms with Crippen LogP contribution in [0.15, 0.2) is 54.6 Å². The van der Waals surface area contributed by atoms with Crippen molar-refractivity contribution in [2.24, 2.45) is 0 Å². The summed E-state index contributed by atoms with van der Waals surface area (Å²) in [7, 11) is 1.69. The Labute approximate surface area is 118 Å².